The summed E-state index contributed by atoms with van der Waals surface area (Å²) >= 11 is 0. The molecule has 23 heavy (non-hydrogen) atoms. The van der Waals surface area contributed by atoms with E-state index in [4.69, 9.17) is 4.74 Å². The topological polar surface area (TPSA) is 9.23 Å². The Labute approximate surface area is 133 Å². The van der Waals surface area contributed by atoms with Gasteiger partial charge in [-0.2, -0.15) is 0 Å². The van der Waals surface area contributed by atoms with E-state index in [0.717, 1.165) is 37.1 Å². The van der Waals surface area contributed by atoms with E-state index in [0.29, 0.717) is 23.0 Å². The van der Waals surface area contributed by atoms with Crippen LogP contribution in [0.5, 0.6) is 0 Å². The summed E-state index contributed by atoms with van der Waals surface area (Å²) in [6, 6.07) is 7.85. The summed E-state index contributed by atoms with van der Waals surface area (Å²) in [5.41, 5.74) is 3.39. The van der Waals surface area contributed by atoms with Crippen LogP contribution in [0.4, 0.5) is 13.2 Å². The molecule has 0 N–H and O–H groups in total. The van der Waals surface area contributed by atoms with Gasteiger partial charge in [0.25, 0.3) is 0 Å². The highest BCUT2D eigenvalue weighted by atomic mass is 19.2. The summed E-state index contributed by atoms with van der Waals surface area (Å²) in [6.07, 6.45) is 2.13. The summed E-state index contributed by atoms with van der Waals surface area (Å²) in [7, 11) is 0. The first-order valence-corrected chi connectivity index (χ1v) is 7.94. The van der Waals surface area contributed by atoms with E-state index < -0.39 is 17.5 Å². The fourth-order valence-corrected chi connectivity index (χ4v) is 3.88. The van der Waals surface area contributed by atoms with Crippen LogP contribution in [0.25, 0.3) is 11.1 Å². The van der Waals surface area contributed by atoms with Crippen molar-refractivity contribution in [3.05, 3.63) is 58.9 Å². The second-order valence-electron chi connectivity index (χ2n) is 6.60. The number of ether oxygens (including phenoxy) is 1. The lowest BCUT2D eigenvalue weighted by molar-refractivity contribution is 0.0830. The van der Waals surface area contributed by atoms with Gasteiger partial charge in [-0.25, -0.2) is 13.2 Å². The van der Waals surface area contributed by atoms with E-state index in [1.165, 1.54) is 5.56 Å². The van der Waals surface area contributed by atoms with E-state index in [1.807, 2.05) is 18.2 Å². The number of aryl methyl sites for hydroxylation is 1. The Hall–Kier alpha value is -1.81. The normalized spacial score (nSPS) is 26.0. The highest BCUT2D eigenvalue weighted by Gasteiger charge is 2.39. The number of benzene rings is 2. The Morgan fingerprint density at radius 2 is 1.74 bits per heavy atom. The van der Waals surface area contributed by atoms with E-state index in [1.54, 1.807) is 0 Å². The molecule has 4 rings (SSSR count). The molecule has 1 saturated heterocycles. The van der Waals surface area contributed by atoms with Gasteiger partial charge in [0, 0.05) is 0 Å². The second kappa shape index (κ2) is 5.38. The zero-order valence-corrected chi connectivity index (χ0v) is 12.8. The van der Waals surface area contributed by atoms with Crippen molar-refractivity contribution >= 4 is 0 Å². The summed E-state index contributed by atoms with van der Waals surface area (Å²) in [5, 5.41) is 0. The largest absolute Gasteiger partial charge is 0.373 e. The second-order valence-corrected chi connectivity index (χ2v) is 6.60. The minimum absolute atomic E-state index is 0.129. The molecule has 1 heterocycles. The van der Waals surface area contributed by atoms with Crippen molar-refractivity contribution < 1.29 is 17.9 Å². The van der Waals surface area contributed by atoms with Gasteiger partial charge in [0.2, 0.25) is 0 Å². The van der Waals surface area contributed by atoms with Gasteiger partial charge in [0.1, 0.15) is 0 Å². The van der Waals surface area contributed by atoms with Gasteiger partial charge in [-0.3, -0.25) is 0 Å². The lowest BCUT2D eigenvalue weighted by Gasteiger charge is -2.29. The molecule has 0 bridgehead atoms. The van der Waals surface area contributed by atoms with Crippen molar-refractivity contribution in [3.8, 4) is 11.1 Å². The number of halogens is 3. The van der Waals surface area contributed by atoms with Crippen molar-refractivity contribution in [1.82, 2.24) is 0 Å². The van der Waals surface area contributed by atoms with E-state index in [-0.39, 0.29) is 6.10 Å². The molecule has 120 valence electrons. The quantitative estimate of drug-likeness (QED) is 0.669. The molecule has 1 fully saturated rings. The third kappa shape index (κ3) is 2.36. The Kier molecular flexibility index (Phi) is 3.45. The number of hydrogen-bond acceptors (Lipinski definition) is 1. The molecule has 3 atom stereocenters. The van der Waals surface area contributed by atoms with Crippen LogP contribution in [0.3, 0.4) is 0 Å². The van der Waals surface area contributed by atoms with Crippen LogP contribution in [0.15, 0.2) is 30.3 Å². The molecule has 0 amide bonds. The fraction of sp³-hybridized carbons (Fsp3) is 0.368. The molecule has 0 saturated carbocycles. The van der Waals surface area contributed by atoms with E-state index >= 15 is 0 Å². The maximum atomic E-state index is 13.4. The molecule has 0 spiro atoms. The average Bonchev–Trinajstić information content (AvgIpc) is 2.93. The van der Waals surface area contributed by atoms with Crippen LogP contribution in [-0.4, -0.2) is 6.61 Å². The predicted molar refractivity (Wildman–Crippen MR) is 81.4 cm³/mol. The van der Waals surface area contributed by atoms with Gasteiger partial charge in [-0.1, -0.05) is 25.1 Å². The van der Waals surface area contributed by atoms with Crippen LogP contribution in [0, 0.1) is 29.3 Å². The van der Waals surface area contributed by atoms with Crippen molar-refractivity contribution in [2.45, 2.75) is 25.9 Å². The Bertz CT molecular complexity index is 748. The Morgan fingerprint density at radius 1 is 1.00 bits per heavy atom. The van der Waals surface area contributed by atoms with E-state index in [2.05, 4.69) is 6.92 Å². The third-order valence-corrected chi connectivity index (χ3v) is 5.17. The first kappa shape index (κ1) is 14.8. The molecule has 4 heteroatoms. The minimum Gasteiger partial charge on any atom is -0.373 e. The molecular formula is C19H17F3O. The van der Waals surface area contributed by atoms with Crippen molar-refractivity contribution in [2.75, 3.05) is 6.61 Å². The lowest BCUT2D eigenvalue weighted by atomic mass is 9.77. The standard InChI is InChI=1S/C19H17F3O/c1-10-9-23-19-14(10)4-3-12-6-11(2-5-15(12)19)13-7-16(20)18(22)17(21)8-13/h2,5-8,10,14,19H,3-4,9H2,1H3. The molecule has 2 aliphatic rings. The van der Waals surface area contributed by atoms with Crippen molar-refractivity contribution in [3.63, 3.8) is 0 Å². The van der Waals surface area contributed by atoms with Crippen LogP contribution in [0.1, 0.15) is 30.6 Å². The van der Waals surface area contributed by atoms with Crippen molar-refractivity contribution in [2.24, 2.45) is 11.8 Å². The molecule has 2 aromatic rings. The average molecular weight is 318 g/mol. The highest BCUT2D eigenvalue weighted by molar-refractivity contribution is 5.65. The molecule has 0 aromatic heterocycles. The predicted octanol–water partition coefficient (Wildman–Crippen LogP) is 5.04. The van der Waals surface area contributed by atoms with Gasteiger partial charge < -0.3 is 4.74 Å². The Balaban J connectivity index is 1.74. The first-order valence-electron chi connectivity index (χ1n) is 7.94. The molecule has 2 aromatic carbocycles. The van der Waals surface area contributed by atoms with Gasteiger partial charge in [0.05, 0.1) is 12.7 Å². The van der Waals surface area contributed by atoms with Gasteiger partial charge in [-0.05, 0) is 59.1 Å². The zero-order chi connectivity index (χ0) is 16.1. The Morgan fingerprint density at radius 3 is 2.48 bits per heavy atom. The smallest absolute Gasteiger partial charge is 0.194 e. The maximum absolute atomic E-state index is 13.4. The van der Waals surface area contributed by atoms with Crippen LogP contribution in [0.2, 0.25) is 0 Å². The monoisotopic (exact) mass is 318 g/mol. The summed E-state index contributed by atoms with van der Waals surface area (Å²) < 4.78 is 45.9. The molecular weight excluding hydrogens is 301 g/mol. The van der Waals surface area contributed by atoms with Gasteiger partial charge >= 0.3 is 0 Å². The number of rotatable bonds is 1. The minimum atomic E-state index is -1.43. The lowest BCUT2D eigenvalue weighted by Crippen LogP contribution is -2.20. The summed E-state index contributed by atoms with van der Waals surface area (Å²) in [4.78, 5) is 0. The van der Waals surface area contributed by atoms with Crippen LogP contribution < -0.4 is 0 Å². The molecule has 0 radical (unpaired) electrons. The van der Waals surface area contributed by atoms with Gasteiger partial charge in [-0.15, -0.1) is 0 Å². The van der Waals surface area contributed by atoms with Crippen LogP contribution in [-0.2, 0) is 11.2 Å². The zero-order valence-electron chi connectivity index (χ0n) is 12.8. The number of hydrogen-bond donors (Lipinski definition) is 0. The summed E-state index contributed by atoms with van der Waals surface area (Å²) in [6.45, 7) is 3.00. The summed E-state index contributed by atoms with van der Waals surface area (Å²) in [5.74, 6) is -2.64. The van der Waals surface area contributed by atoms with Crippen LogP contribution >= 0.6 is 0 Å². The molecule has 1 aliphatic carbocycles. The highest BCUT2D eigenvalue weighted by Crippen LogP contribution is 2.46. The molecule has 1 aliphatic heterocycles. The third-order valence-electron chi connectivity index (χ3n) is 5.17. The molecule has 3 unspecified atom stereocenters. The first-order chi connectivity index (χ1) is 11.0. The number of fused-ring (bicyclic) bond motifs is 3. The van der Waals surface area contributed by atoms with Gasteiger partial charge in [0.15, 0.2) is 17.5 Å². The van der Waals surface area contributed by atoms with E-state index in [9.17, 15) is 13.2 Å². The fourth-order valence-electron chi connectivity index (χ4n) is 3.88. The van der Waals surface area contributed by atoms with Crippen molar-refractivity contribution in [1.29, 1.82) is 0 Å². The maximum Gasteiger partial charge on any atom is 0.194 e. The SMILES string of the molecule is CC1COC2c3ccc(-c4cc(F)c(F)c(F)c4)cc3CCC12. The molecule has 1 nitrogen and oxygen atoms in total.